The normalized spacial score (nSPS) is 11.4. The summed E-state index contributed by atoms with van der Waals surface area (Å²) in [5, 5.41) is 15.7. The van der Waals surface area contributed by atoms with Crippen LogP contribution in [0.25, 0.3) is 156 Å². The molecule has 9 heteroatoms. The summed E-state index contributed by atoms with van der Waals surface area (Å²) in [6, 6.07) is 92.5. The van der Waals surface area contributed by atoms with Gasteiger partial charge in [0.2, 0.25) is 0 Å². The molecule has 7 nitrogen and oxygen atoms in total. The fraction of sp³-hybridized carbons (Fsp3) is 0. The first kappa shape index (κ1) is 53.2. The highest BCUT2D eigenvalue weighted by molar-refractivity contribution is 6.14. The molecule has 422 valence electrons. The largest absolute Gasteiger partial charge is 0.308 e. The summed E-state index contributed by atoms with van der Waals surface area (Å²) in [6.07, 6.45) is 7.35. The van der Waals surface area contributed by atoms with Crippen molar-refractivity contribution in [2.75, 3.05) is 0 Å². The summed E-state index contributed by atoms with van der Waals surface area (Å²) >= 11 is 0. The van der Waals surface area contributed by atoms with Gasteiger partial charge in [0.25, 0.3) is 0 Å². The Morgan fingerprint density at radius 1 is 0.267 bits per heavy atom. The lowest BCUT2D eigenvalue weighted by Gasteiger charge is -2.19. The number of benzene rings is 10. The van der Waals surface area contributed by atoms with Crippen molar-refractivity contribution in [1.29, 1.82) is 5.26 Å². The quantitative estimate of drug-likeness (QED) is 0.129. The number of pyridine rings is 4. The van der Waals surface area contributed by atoms with Crippen molar-refractivity contribution in [3.05, 3.63) is 315 Å². The first-order valence-electron chi connectivity index (χ1n) is 29.7. The van der Waals surface area contributed by atoms with E-state index in [1.165, 1.54) is 18.2 Å². The predicted molar refractivity (Wildman–Crippen MR) is 360 cm³/mol. The van der Waals surface area contributed by atoms with Crippen LogP contribution in [0.15, 0.2) is 298 Å². The van der Waals surface area contributed by atoms with Gasteiger partial charge in [-0.05, 0) is 171 Å². The predicted octanol–water partition coefficient (Wildman–Crippen LogP) is 20.6. The minimum Gasteiger partial charge on any atom is -0.308 e. The van der Waals surface area contributed by atoms with Gasteiger partial charge in [-0.15, -0.1) is 0 Å². The molecular weight excluding hydrogens is 1110 g/mol. The van der Waals surface area contributed by atoms with Crippen molar-refractivity contribution in [3.63, 3.8) is 0 Å². The lowest BCUT2D eigenvalue weighted by atomic mass is 9.98. The molecule has 0 unspecified atom stereocenters. The Morgan fingerprint density at radius 2 is 0.544 bits per heavy atom. The van der Waals surface area contributed by atoms with Gasteiger partial charge < -0.3 is 9.13 Å². The summed E-state index contributed by atoms with van der Waals surface area (Å²) in [7, 11) is 0. The van der Waals surface area contributed by atoms with Gasteiger partial charge >= 0.3 is 0 Å². The number of rotatable bonds is 11. The highest BCUT2D eigenvalue weighted by Crippen LogP contribution is 2.45. The minimum absolute atomic E-state index is 0.210. The average Bonchev–Trinajstić information content (AvgIpc) is 1.62. The second-order valence-electron chi connectivity index (χ2n) is 22.4. The van der Waals surface area contributed by atoms with E-state index in [2.05, 4.69) is 161 Å². The fourth-order valence-electron chi connectivity index (χ4n) is 12.8. The van der Waals surface area contributed by atoms with E-state index in [9.17, 15) is 5.26 Å². The van der Waals surface area contributed by atoms with E-state index >= 15 is 8.78 Å². The van der Waals surface area contributed by atoms with E-state index in [1.807, 2.05) is 122 Å². The summed E-state index contributed by atoms with van der Waals surface area (Å²) in [5.74, 6) is -1.47. The molecule has 10 aromatic carbocycles. The van der Waals surface area contributed by atoms with E-state index in [0.717, 1.165) is 133 Å². The number of nitriles is 1. The van der Waals surface area contributed by atoms with Crippen LogP contribution < -0.4 is 0 Å². The number of halogens is 2. The van der Waals surface area contributed by atoms with Gasteiger partial charge in [0.1, 0.15) is 23.3 Å². The molecule has 6 aromatic heterocycles. The summed E-state index contributed by atoms with van der Waals surface area (Å²) in [4.78, 5) is 19.0. The van der Waals surface area contributed by atoms with Crippen LogP contribution in [0.2, 0.25) is 0 Å². The minimum atomic E-state index is -0.733. The molecule has 0 bridgehead atoms. The third-order valence-corrected chi connectivity index (χ3v) is 17.1. The average molecular weight is 1160 g/mol. The Balaban J connectivity index is 0.956. The van der Waals surface area contributed by atoms with Crippen LogP contribution in [0.4, 0.5) is 8.78 Å². The van der Waals surface area contributed by atoms with E-state index in [1.54, 1.807) is 12.1 Å². The van der Waals surface area contributed by atoms with Crippen molar-refractivity contribution in [2.45, 2.75) is 0 Å². The molecule has 0 radical (unpaired) electrons. The molecule has 0 N–H and O–H groups in total. The third kappa shape index (κ3) is 9.44. The SMILES string of the molecule is N#Cc1c(-n2c3ccc(-c4ccnc(-c5ccccc5)c4)cc3c3cc(-c4ccnc(-c5ccccc5)c4)ccc32)cc(-c2c(F)cccc2F)cc1-n1c2ccc(-c3ccnc(-c4ccccc4)c3)cc2c2cc(-c3ccnc(-c4ccccc4)c3)ccc21. The molecule has 90 heavy (non-hydrogen) atoms. The highest BCUT2D eigenvalue weighted by atomic mass is 19.1. The van der Waals surface area contributed by atoms with Crippen LogP contribution in [0.3, 0.4) is 0 Å². The molecule has 0 aliphatic carbocycles. The molecule has 0 atom stereocenters. The van der Waals surface area contributed by atoms with Gasteiger partial charge in [0, 0.05) is 68.6 Å². The molecule has 16 aromatic rings. The maximum absolute atomic E-state index is 16.7. The standard InChI is InChI=1S/C81H49F2N7/c82-69-22-13-23-70(83)81(69)63-48-79(89-75-28-24-55(59-32-36-85-71(44-59)51-14-5-1-6-15-51)40-64(75)65-41-56(25-29-76(65)89)60-33-37-86-72(45-60)52-16-7-2-8-17-52)68(50-84)80(49-63)90-77-30-26-57(61-34-38-87-73(46-61)53-18-9-3-10-19-53)42-66(77)67-43-58(27-31-78(67)90)62-35-39-88-74(47-62)54-20-11-4-12-21-54/h1-49H. The highest BCUT2D eigenvalue weighted by Gasteiger charge is 2.26. The van der Waals surface area contributed by atoms with Crippen LogP contribution in [0.1, 0.15) is 5.56 Å². The zero-order valence-corrected chi connectivity index (χ0v) is 48.2. The van der Waals surface area contributed by atoms with Crippen molar-refractivity contribution in [2.24, 2.45) is 0 Å². The van der Waals surface area contributed by atoms with Crippen LogP contribution in [0.5, 0.6) is 0 Å². The number of hydrogen-bond donors (Lipinski definition) is 0. The maximum Gasteiger partial charge on any atom is 0.133 e. The number of fused-ring (bicyclic) bond motifs is 6. The van der Waals surface area contributed by atoms with Crippen LogP contribution in [-0.4, -0.2) is 29.1 Å². The Morgan fingerprint density at radius 3 is 0.822 bits per heavy atom. The van der Waals surface area contributed by atoms with E-state index in [4.69, 9.17) is 19.9 Å². The Hall–Kier alpha value is -12.3. The molecule has 0 saturated carbocycles. The zero-order chi connectivity index (χ0) is 60.2. The number of hydrogen-bond acceptors (Lipinski definition) is 5. The second-order valence-corrected chi connectivity index (χ2v) is 22.4. The van der Waals surface area contributed by atoms with Crippen molar-refractivity contribution in [1.82, 2.24) is 29.1 Å². The molecule has 6 heterocycles. The second kappa shape index (κ2) is 22.2. The maximum atomic E-state index is 16.7. The molecule has 0 amide bonds. The molecule has 0 spiro atoms. The van der Waals surface area contributed by atoms with Crippen LogP contribution >= 0.6 is 0 Å². The Bertz CT molecular complexity index is 4910. The topological polar surface area (TPSA) is 85.2 Å². The van der Waals surface area contributed by atoms with Crippen LogP contribution in [-0.2, 0) is 0 Å². The first-order valence-corrected chi connectivity index (χ1v) is 29.7. The molecule has 0 aliphatic rings. The van der Waals surface area contributed by atoms with E-state index in [-0.39, 0.29) is 11.1 Å². The number of aromatic nitrogens is 6. The lowest BCUT2D eigenvalue weighted by Crippen LogP contribution is -2.06. The van der Waals surface area contributed by atoms with E-state index in [0.29, 0.717) is 16.9 Å². The van der Waals surface area contributed by atoms with Crippen molar-refractivity contribution >= 4 is 43.6 Å². The summed E-state index contributed by atoms with van der Waals surface area (Å²) < 4.78 is 37.6. The Kier molecular flexibility index (Phi) is 13.2. The third-order valence-electron chi connectivity index (χ3n) is 17.1. The molecule has 16 rings (SSSR count). The van der Waals surface area contributed by atoms with Gasteiger partial charge in [0.15, 0.2) is 0 Å². The van der Waals surface area contributed by atoms with Crippen LogP contribution in [0, 0.1) is 23.0 Å². The molecule has 0 saturated heterocycles. The van der Waals surface area contributed by atoms with Gasteiger partial charge in [-0.1, -0.05) is 152 Å². The molecule has 0 aliphatic heterocycles. The molecule has 0 fully saturated rings. The summed E-state index contributed by atoms with van der Waals surface area (Å²) in [6.45, 7) is 0. The number of nitrogens with zero attached hydrogens (tertiary/aromatic N) is 7. The summed E-state index contributed by atoms with van der Waals surface area (Å²) in [5.41, 5.74) is 19.5. The van der Waals surface area contributed by atoms with Gasteiger partial charge in [-0.25, -0.2) is 8.78 Å². The lowest BCUT2D eigenvalue weighted by molar-refractivity contribution is 0.589. The fourth-order valence-corrected chi connectivity index (χ4v) is 12.8. The smallest absolute Gasteiger partial charge is 0.133 e. The molecular formula is C81H49F2N7. The van der Waals surface area contributed by atoms with Gasteiger partial charge in [-0.3, -0.25) is 19.9 Å². The zero-order valence-electron chi connectivity index (χ0n) is 48.2. The van der Waals surface area contributed by atoms with Crippen molar-refractivity contribution < 1.29 is 8.78 Å². The van der Waals surface area contributed by atoms with Crippen molar-refractivity contribution in [3.8, 4) is 118 Å². The first-order chi connectivity index (χ1) is 44.4. The Labute approximate surface area is 517 Å². The van der Waals surface area contributed by atoms with Gasteiger partial charge in [-0.2, -0.15) is 5.26 Å². The monoisotopic (exact) mass is 1160 g/mol. The van der Waals surface area contributed by atoms with E-state index < -0.39 is 11.6 Å². The van der Waals surface area contributed by atoms with Gasteiger partial charge in [0.05, 0.1) is 61.8 Å².